The summed E-state index contributed by atoms with van der Waals surface area (Å²) in [5.41, 5.74) is 7.68. The lowest BCUT2D eigenvalue weighted by atomic mass is 9.92. The molecule has 1 aromatic rings. The molecule has 2 fully saturated rings. The highest BCUT2D eigenvalue weighted by Crippen LogP contribution is 2.18. The van der Waals surface area contributed by atoms with Gasteiger partial charge in [0.2, 0.25) is 5.91 Å². The molecule has 7 nitrogen and oxygen atoms in total. The quantitative estimate of drug-likeness (QED) is 0.792. The minimum atomic E-state index is -0.505. The molecule has 3 N–H and O–H groups in total. The normalized spacial score (nSPS) is 24.6. The van der Waals surface area contributed by atoms with Gasteiger partial charge < -0.3 is 25.4 Å². The first kappa shape index (κ1) is 20.8. The molecule has 2 amide bonds. The van der Waals surface area contributed by atoms with E-state index >= 15 is 0 Å². The number of nitrogens with one attached hydrogen (secondary N) is 1. The first-order valence-electron chi connectivity index (χ1n) is 10.1. The van der Waals surface area contributed by atoms with Crippen molar-refractivity contribution >= 4 is 11.8 Å². The van der Waals surface area contributed by atoms with Gasteiger partial charge in [-0.1, -0.05) is 12.1 Å². The van der Waals surface area contributed by atoms with Crippen molar-refractivity contribution in [1.29, 1.82) is 0 Å². The van der Waals surface area contributed by atoms with Crippen LogP contribution in [0.5, 0.6) is 0 Å². The van der Waals surface area contributed by atoms with Crippen LogP contribution in [0.1, 0.15) is 42.6 Å². The number of hydrogen-bond acceptors (Lipinski definition) is 5. The molecule has 28 heavy (non-hydrogen) atoms. The predicted molar refractivity (Wildman–Crippen MR) is 106 cm³/mol. The summed E-state index contributed by atoms with van der Waals surface area (Å²) in [5.74, 6) is 0.0505. The monoisotopic (exact) mass is 389 g/mol. The lowest BCUT2D eigenvalue weighted by Gasteiger charge is -2.35. The second kappa shape index (κ2) is 9.49. The van der Waals surface area contributed by atoms with Crippen LogP contribution < -0.4 is 11.1 Å². The smallest absolute Gasteiger partial charge is 0.254 e. The van der Waals surface area contributed by atoms with Crippen molar-refractivity contribution in [3.8, 4) is 0 Å². The number of nitrogens with zero attached hydrogens (tertiary/aromatic N) is 1. The number of morpholine rings is 1. The van der Waals surface area contributed by atoms with Crippen molar-refractivity contribution in [3.63, 3.8) is 0 Å². The van der Waals surface area contributed by atoms with E-state index in [0.717, 1.165) is 18.4 Å². The highest BCUT2D eigenvalue weighted by Gasteiger charge is 2.27. The standard InChI is InChI=1S/C21H31N3O4/c1-14-12-24(13-15(2)28-14)21(26)18-5-3-16(4-6-18)11-23-20(25)19(22)17-7-9-27-10-8-17/h3-6,14-15,17,19H,7-13,22H2,1-2H3,(H,23,25). The van der Waals surface area contributed by atoms with Gasteiger partial charge in [-0.25, -0.2) is 0 Å². The summed E-state index contributed by atoms with van der Waals surface area (Å²) in [4.78, 5) is 26.9. The maximum Gasteiger partial charge on any atom is 0.254 e. The maximum absolute atomic E-state index is 12.7. The fraction of sp³-hybridized carbons (Fsp3) is 0.619. The van der Waals surface area contributed by atoms with Crippen LogP contribution in [0.2, 0.25) is 0 Å². The summed E-state index contributed by atoms with van der Waals surface area (Å²) < 4.78 is 11.0. The molecule has 2 aliphatic heterocycles. The van der Waals surface area contributed by atoms with E-state index in [0.29, 0.717) is 38.4 Å². The molecule has 0 saturated carbocycles. The van der Waals surface area contributed by atoms with Crippen LogP contribution in [0, 0.1) is 5.92 Å². The zero-order valence-corrected chi connectivity index (χ0v) is 16.7. The van der Waals surface area contributed by atoms with Crippen molar-refractivity contribution in [2.45, 2.75) is 51.5 Å². The number of carbonyl (C=O) groups excluding carboxylic acids is 2. The molecule has 0 aliphatic carbocycles. The van der Waals surface area contributed by atoms with Gasteiger partial charge in [0.1, 0.15) is 0 Å². The Morgan fingerprint density at radius 3 is 2.36 bits per heavy atom. The molecule has 3 rings (SSSR count). The van der Waals surface area contributed by atoms with Gasteiger partial charge in [0.15, 0.2) is 0 Å². The molecular formula is C21H31N3O4. The fourth-order valence-corrected chi connectivity index (χ4v) is 3.89. The van der Waals surface area contributed by atoms with Gasteiger partial charge >= 0.3 is 0 Å². The van der Waals surface area contributed by atoms with Crippen LogP contribution in [0.15, 0.2) is 24.3 Å². The lowest BCUT2D eigenvalue weighted by Crippen LogP contribution is -2.48. The summed E-state index contributed by atoms with van der Waals surface area (Å²) in [6.07, 6.45) is 1.73. The molecular weight excluding hydrogens is 358 g/mol. The van der Waals surface area contributed by atoms with Crippen molar-refractivity contribution < 1.29 is 19.1 Å². The van der Waals surface area contributed by atoms with E-state index in [4.69, 9.17) is 15.2 Å². The molecule has 3 unspecified atom stereocenters. The molecule has 2 heterocycles. The molecule has 7 heteroatoms. The third-order valence-electron chi connectivity index (χ3n) is 5.45. The number of hydrogen-bond donors (Lipinski definition) is 2. The van der Waals surface area contributed by atoms with E-state index in [2.05, 4.69) is 5.32 Å². The summed E-state index contributed by atoms with van der Waals surface area (Å²) in [7, 11) is 0. The maximum atomic E-state index is 12.7. The highest BCUT2D eigenvalue weighted by atomic mass is 16.5. The molecule has 0 radical (unpaired) electrons. The van der Waals surface area contributed by atoms with Gasteiger partial charge in [-0.05, 0) is 50.3 Å². The molecule has 0 aromatic heterocycles. The van der Waals surface area contributed by atoms with Crippen molar-refractivity contribution in [3.05, 3.63) is 35.4 Å². The molecule has 154 valence electrons. The number of nitrogens with two attached hydrogens (primary N) is 1. The van der Waals surface area contributed by atoms with E-state index in [9.17, 15) is 9.59 Å². The number of benzene rings is 1. The molecule has 2 saturated heterocycles. The molecule has 0 spiro atoms. The zero-order valence-electron chi connectivity index (χ0n) is 16.7. The topological polar surface area (TPSA) is 93.9 Å². The van der Waals surface area contributed by atoms with Crippen LogP contribution >= 0.6 is 0 Å². The predicted octanol–water partition coefficient (Wildman–Crippen LogP) is 1.31. The summed E-state index contributed by atoms with van der Waals surface area (Å²) >= 11 is 0. The Morgan fingerprint density at radius 2 is 1.75 bits per heavy atom. The Bertz CT molecular complexity index is 663. The van der Waals surface area contributed by atoms with E-state index in [-0.39, 0.29) is 29.9 Å². The van der Waals surface area contributed by atoms with E-state index in [1.165, 1.54) is 0 Å². The average molecular weight is 389 g/mol. The van der Waals surface area contributed by atoms with E-state index < -0.39 is 6.04 Å². The van der Waals surface area contributed by atoms with E-state index in [1.807, 2.05) is 43.0 Å². The second-order valence-corrected chi connectivity index (χ2v) is 7.86. The van der Waals surface area contributed by atoms with Crippen LogP contribution in [0.4, 0.5) is 0 Å². The Morgan fingerprint density at radius 1 is 1.14 bits per heavy atom. The van der Waals surface area contributed by atoms with Crippen molar-refractivity contribution in [2.24, 2.45) is 11.7 Å². The third kappa shape index (κ3) is 5.31. The Hall–Kier alpha value is -1.96. The molecule has 0 bridgehead atoms. The van der Waals surface area contributed by atoms with Crippen LogP contribution in [0.25, 0.3) is 0 Å². The van der Waals surface area contributed by atoms with Gasteiger partial charge in [0.25, 0.3) is 5.91 Å². The van der Waals surface area contributed by atoms with Crippen LogP contribution in [0.3, 0.4) is 0 Å². The number of carbonyl (C=O) groups is 2. The lowest BCUT2D eigenvalue weighted by molar-refractivity contribution is -0.124. The largest absolute Gasteiger partial charge is 0.381 e. The Balaban J connectivity index is 1.51. The number of ether oxygens (including phenoxy) is 2. The second-order valence-electron chi connectivity index (χ2n) is 7.86. The molecule has 3 atom stereocenters. The van der Waals surface area contributed by atoms with E-state index in [1.54, 1.807) is 0 Å². The van der Waals surface area contributed by atoms with Gasteiger partial charge in [-0.15, -0.1) is 0 Å². The molecule has 1 aromatic carbocycles. The van der Waals surface area contributed by atoms with Gasteiger partial charge in [-0.2, -0.15) is 0 Å². The summed E-state index contributed by atoms with van der Waals surface area (Å²) in [5, 5.41) is 2.90. The first-order chi connectivity index (χ1) is 13.4. The number of rotatable bonds is 5. The highest BCUT2D eigenvalue weighted by molar-refractivity contribution is 5.94. The number of amides is 2. The summed E-state index contributed by atoms with van der Waals surface area (Å²) in [6.45, 7) is 6.90. The van der Waals surface area contributed by atoms with Crippen LogP contribution in [-0.2, 0) is 20.8 Å². The molecule has 2 aliphatic rings. The SMILES string of the molecule is CC1CN(C(=O)c2ccc(CNC(=O)C(N)C3CCOCC3)cc2)CC(C)O1. The van der Waals surface area contributed by atoms with Gasteiger partial charge in [-0.3, -0.25) is 9.59 Å². The Labute approximate surface area is 166 Å². The Kier molecular flexibility index (Phi) is 7.04. The van der Waals surface area contributed by atoms with Crippen LogP contribution in [-0.4, -0.2) is 61.3 Å². The van der Waals surface area contributed by atoms with Crippen molar-refractivity contribution in [1.82, 2.24) is 10.2 Å². The zero-order chi connectivity index (χ0) is 20.1. The first-order valence-corrected chi connectivity index (χ1v) is 10.1. The average Bonchev–Trinajstić information content (AvgIpc) is 2.71. The van der Waals surface area contributed by atoms with Crippen molar-refractivity contribution in [2.75, 3.05) is 26.3 Å². The van der Waals surface area contributed by atoms with Gasteiger partial charge in [0, 0.05) is 38.4 Å². The summed E-state index contributed by atoms with van der Waals surface area (Å²) in [6, 6.07) is 6.87. The van der Waals surface area contributed by atoms with Gasteiger partial charge in [0.05, 0.1) is 18.2 Å². The fourth-order valence-electron chi connectivity index (χ4n) is 3.89. The third-order valence-corrected chi connectivity index (χ3v) is 5.45. The minimum Gasteiger partial charge on any atom is -0.381 e. The minimum absolute atomic E-state index is 0.0131.